The van der Waals surface area contributed by atoms with Crippen LogP contribution in [-0.2, 0) is 13.6 Å². The number of hydrogen-bond donors (Lipinski definition) is 2. The Morgan fingerprint density at radius 2 is 2.25 bits per heavy atom. The third-order valence-electron chi connectivity index (χ3n) is 3.40. The van der Waals surface area contributed by atoms with E-state index in [2.05, 4.69) is 10.4 Å². The first-order chi connectivity index (χ1) is 9.52. The quantitative estimate of drug-likeness (QED) is 0.891. The number of rotatable bonds is 5. The van der Waals surface area contributed by atoms with E-state index in [1.807, 2.05) is 14.0 Å². The molecule has 108 valence electrons. The molecular formula is C14H17ClFN3O. The third kappa shape index (κ3) is 3.17. The van der Waals surface area contributed by atoms with Gasteiger partial charge in [-0.3, -0.25) is 4.68 Å². The monoisotopic (exact) mass is 297 g/mol. The molecule has 1 heterocycles. The predicted molar refractivity (Wildman–Crippen MR) is 76.0 cm³/mol. The molecule has 2 rings (SSSR count). The number of aromatic nitrogens is 2. The Hall–Kier alpha value is -1.43. The fourth-order valence-electron chi connectivity index (χ4n) is 1.97. The molecule has 2 N–H and O–H groups in total. The van der Waals surface area contributed by atoms with E-state index in [-0.39, 0.29) is 17.7 Å². The SMILES string of the molecule is Cc1c(CNC(CO)c2ccc(Cl)c(F)c2)cnn1C. The van der Waals surface area contributed by atoms with Crippen LogP contribution in [0.25, 0.3) is 0 Å². The van der Waals surface area contributed by atoms with Crippen LogP contribution in [0.3, 0.4) is 0 Å². The molecule has 0 aliphatic rings. The Balaban J connectivity index is 2.09. The molecule has 6 heteroatoms. The number of aliphatic hydroxyl groups is 1. The molecule has 0 fully saturated rings. The molecule has 0 aliphatic heterocycles. The number of benzene rings is 1. The molecule has 0 saturated heterocycles. The largest absolute Gasteiger partial charge is 0.394 e. The number of aryl methyl sites for hydroxylation is 1. The summed E-state index contributed by atoms with van der Waals surface area (Å²) in [5.41, 5.74) is 2.76. The van der Waals surface area contributed by atoms with Crippen LogP contribution < -0.4 is 5.32 Å². The molecule has 0 radical (unpaired) electrons. The Morgan fingerprint density at radius 1 is 1.50 bits per heavy atom. The van der Waals surface area contributed by atoms with Gasteiger partial charge in [-0.1, -0.05) is 17.7 Å². The number of nitrogens with one attached hydrogen (secondary N) is 1. The number of nitrogens with zero attached hydrogens (tertiary/aromatic N) is 2. The predicted octanol–water partition coefficient (Wildman–Crippen LogP) is 2.34. The van der Waals surface area contributed by atoms with Crippen LogP contribution in [0.2, 0.25) is 5.02 Å². The van der Waals surface area contributed by atoms with Crippen molar-refractivity contribution in [2.45, 2.75) is 19.5 Å². The van der Waals surface area contributed by atoms with Crippen molar-refractivity contribution >= 4 is 11.6 Å². The van der Waals surface area contributed by atoms with Crippen LogP contribution >= 0.6 is 11.6 Å². The Morgan fingerprint density at radius 3 is 2.80 bits per heavy atom. The van der Waals surface area contributed by atoms with E-state index in [0.29, 0.717) is 12.1 Å². The molecule has 1 unspecified atom stereocenters. The highest BCUT2D eigenvalue weighted by atomic mass is 35.5. The molecule has 0 aliphatic carbocycles. The lowest BCUT2D eigenvalue weighted by Crippen LogP contribution is -2.24. The topological polar surface area (TPSA) is 50.1 Å². The standard InChI is InChI=1S/C14H17ClFN3O/c1-9-11(7-18-19(9)2)6-17-14(8-20)10-3-4-12(15)13(16)5-10/h3-5,7,14,17,20H,6,8H2,1-2H3. The Kier molecular flexibility index (Phi) is 4.75. The second kappa shape index (κ2) is 6.35. The molecule has 1 atom stereocenters. The van der Waals surface area contributed by atoms with Crippen molar-refractivity contribution in [2.24, 2.45) is 7.05 Å². The van der Waals surface area contributed by atoms with Crippen molar-refractivity contribution in [1.82, 2.24) is 15.1 Å². The fourth-order valence-corrected chi connectivity index (χ4v) is 2.09. The Bertz CT molecular complexity index is 600. The van der Waals surface area contributed by atoms with Crippen molar-refractivity contribution < 1.29 is 9.50 Å². The van der Waals surface area contributed by atoms with E-state index in [4.69, 9.17) is 11.6 Å². The van der Waals surface area contributed by atoms with Crippen molar-refractivity contribution in [2.75, 3.05) is 6.61 Å². The molecule has 1 aromatic heterocycles. The minimum absolute atomic E-state index is 0.0774. The maximum atomic E-state index is 13.5. The molecule has 20 heavy (non-hydrogen) atoms. The van der Waals surface area contributed by atoms with Crippen molar-refractivity contribution in [3.05, 3.63) is 52.1 Å². The lowest BCUT2D eigenvalue weighted by Gasteiger charge is -2.17. The van der Waals surface area contributed by atoms with Gasteiger partial charge < -0.3 is 10.4 Å². The highest BCUT2D eigenvalue weighted by molar-refractivity contribution is 6.30. The molecule has 0 amide bonds. The summed E-state index contributed by atoms with van der Waals surface area (Å²) in [6.07, 6.45) is 1.78. The molecule has 4 nitrogen and oxygen atoms in total. The van der Waals surface area contributed by atoms with E-state index in [9.17, 15) is 9.50 Å². The van der Waals surface area contributed by atoms with Crippen LogP contribution in [0.1, 0.15) is 22.9 Å². The molecule has 1 aromatic carbocycles. The van der Waals surface area contributed by atoms with Crippen LogP contribution in [-0.4, -0.2) is 21.5 Å². The van der Waals surface area contributed by atoms with Gasteiger partial charge in [0, 0.05) is 24.8 Å². The summed E-state index contributed by atoms with van der Waals surface area (Å²) in [5, 5.41) is 16.9. The Labute approximate surface area is 122 Å². The zero-order valence-electron chi connectivity index (χ0n) is 11.4. The summed E-state index contributed by atoms with van der Waals surface area (Å²) < 4.78 is 15.2. The van der Waals surface area contributed by atoms with Crippen LogP contribution in [0.4, 0.5) is 4.39 Å². The molecular weight excluding hydrogens is 281 g/mol. The van der Waals surface area contributed by atoms with Gasteiger partial charge in [-0.15, -0.1) is 0 Å². The highest BCUT2D eigenvalue weighted by Gasteiger charge is 2.13. The second-order valence-corrected chi connectivity index (χ2v) is 5.08. The van der Waals surface area contributed by atoms with Gasteiger partial charge in [0.25, 0.3) is 0 Å². The van der Waals surface area contributed by atoms with E-state index >= 15 is 0 Å². The number of hydrogen-bond acceptors (Lipinski definition) is 3. The van der Waals surface area contributed by atoms with Crippen LogP contribution in [0.15, 0.2) is 24.4 Å². The van der Waals surface area contributed by atoms with Crippen molar-refractivity contribution in [1.29, 1.82) is 0 Å². The third-order valence-corrected chi connectivity index (χ3v) is 3.71. The van der Waals surface area contributed by atoms with Gasteiger partial charge in [0.2, 0.25) is 0 Å². The number of halogens is 2. The zero-order chi connectivity index (χ0) is 14.7. The van der Waals surface area contributed by atoms with Gasteiger partial charge in [0.1, 0.15) is 5.82 Å². The first-order valence-corrected chi connectivity index (χ1v) is 6.67. The lowest BCUT2D eigenvalue weighted by atomic mass is 10.1. The first kappa shape index (κ1) is 15.0. The number of aliphatic hydroxyl groups excluding tert-OH is 1. The molecule has 0 saturated carbocycles. The minimum atomic E-state index is -0.484. The zero-order valence-corrected chi connectivity index (χ0v) is 12.2. The van der Waals surface area contributed by atoms with E-state index < -0.39 is 5.82 Å². The van der Waals surface area contributed by atoms with Gasteiger partial charge in [0.05, 0.1) is 23.9 Å². The lowest BCUT2D eigenvalue weighted by molar-refractivity contribution is 0.243. The van der Waals surface area contributed by atoms with Gasteiger partial charge in [0.15, 0.2) is 0 Å². The summed E-state index contributed by atoms with van der Waals surface area (Å²) >= 11 is 5.66. The summed E-state index contributed by atoms with van der Waals surface area (Å²) in [7, 11) is 1.87. The first-order valence-electron chi connectivity index (χ1n) is 6.29. The fraction of sp³-hybridized carbons (Fsp3) is 0.357. The van der Waals surface area contributed by atoms with Gasteiger partial charge in [-0.05, 0) is 24.6 Å². The normalized spacial score (nSPS) is 12.7. The molecule has 0 bridgehead atoms. The van der Waals surface area contributed by atoms with E-state index in [1.165, 1.54) is 12.1 Å². The molecule has 0 spiro atoms. The summed E-state index contributed by atoms with van der Waals surface area (Å²) in [5.74, 6) is -0.484. The molecule has 2 aromatic rings. The van der Waals surface area contributed by atoms with Gasteiger partial charge in [-0.25, -0.2) is 4.39 Å². The highest BCUT2D eigenvalue weighted by Crippen LogP contribution is 2.20. The second-order valence-electron chi connectivity index (χ2n) is 4.67. The average Bonchev–Trinajstić information content (AvgIpc) is 2.75. The average molecular weight is 298 g/mol. The summed E-state index contributed by atoms with van der Waals surface area (Å²) in [6, 6.07) is 4.19. The smallest absolute Gasteiger partial charge is 0.142 e. The summed E-state index contributed by atoms with van der Waals surface area (Å²) in [4.78, 5) is 0. The maximum Gasteiger partial charge on any atom is 0.142 e. The summed E-state index contributed by atoms with van der Waals surface area (Å²) in [6.45, 7) is 2.40. The van der Waals surface area contributed by atoms with E-state index in [0.717, 1.165) is 11.3 Å². The van der Waals surface area contributed by atoms with Crippen molar-refractivity contribution in [3.8, 4) is 0 Å². The maximum absolute atomic E-state index is 13.5. The van der Waals surface area contributed by atoms with E-state index in [1.54, 1.807) is 16.9 Å². The van der Waals surface area contributed by atoms with Gasteiger partial charge in [-0.2, -0.15) is 5.10 Å². The van der Waals surface area contributed by atoms with Crippen LogP contribution in [0.5, 0.6) is 0 Å². The van der Waals surface area contributed by atoms with Gasteiger partial charge >= 0.3 is 0 Å². The van der Waals surface area contributed by atoms with Crippen molar-refractivity contribution in [3.63, 3.8) is 0 Å². The van der Waals surface area contributed by atoms with Crippen LogP contribution in [0, 0.1) is 12.7 Å². The minimum Gasteiger partial charge on any atom is -0.394 e.